The van der Waals surface area contributed by atoms with E-state index in [1.54, 1.807) is 11.3 Å². The van der Waals surface area contributed by atoms with E-state index in [4.69, 9.17) is 0 Å². The van der Waals surface area contributed by atoms with Crippen LogP contribution in [0.25, 0.3) is 0 Å². The summed E-state index contributed by atoms with van der Waals surface area (Å²) < 4.78 is 0. The molecule has 0 amide bonds. The lowest BCUT2D eigenvalue weighted by atomic mass is 10.2. The molecule has 2 aromatic heterocycles. The molecule has 6 heteroatoms. The molecule has 0 aliphatic rings. The Balaban J connectivity index is 1.96. The number of hydrogen-bond donors (Lipinski definition) is 2. The van der Waals surface area contributed by atoms with Crippen molar-refractivity contribution in [2.45, 2.75) is 20.0 Å². The molecule has 5 nitrogen and oxygen atoms in total. The smallest absolute Gasteiger partial charge is 0.191 e. The Hall–Kier alpha value is -2.08. The molecule has 2 aromatic rings. The number of thiophene rings is 1. The number of hydrogen-bond acceptors (Lipinski definition) is 4. The molecule has 0 aliphatic carbocycles. The zero-order valence-corrected chi connectivity index (χ0v) is 14.2. The SMILES string of the molecule is CCNC(=NCc1ccsc1)NCc1ccnc(N(C)C)c1. The van der Waals surface area contributed by atoms with Gasteiger partial charge in [-0.05, 0) is 47.0 Å². The Morgan fingerprint density at radius 2 is 2.14 bits per heavy atom. The molecular weight excluding hydrogens is 294 g/mol. The molecule has 0 atom stereocenters. The van der Waals surface area contributed by atoms with Crippen molar-refractivity contribution in [3.63, 3.8) is 0 Å². The molecule has 0 aromatic carbocycles. The fourth-order valence-corrected chi connectivity index (χ4v) is 2.56. The van der Waals surface area contributed by atoms with Gasteiger partial charge in [-0.3, -0.25) is 0 Å². The standard InChI is InChI=1S/C16H23N5S/c1-4-17-16(20-11-14-6-8-22-12-14)19-10-13-5-7-18-15(9-13)21(2)3/h5-9,12H,4,10-11H2,1-3H3,(H2,17,19,20). The molecule has 118 valence electrons. The molecule has 2 N–H and O–H groups in total. The van der Waals surface area contributed by atoms with Crippen LogP contribution in [0.2, 0.25) is 0 Å². The van der Waals surface area contributed by atoms with Crippen molar-refractivity contribution < 1.29 is 0 Å². The molecule has 0 fully saturated rings. The summed E-state index contributed by atoms with van der Waals surface area (Å²) in [4.78, 5) is 10.9. The molecule has 0 saturated carbocycles. The number of anilines is 1. The van der Waals surface area contributed by atoms with Gasteiger partial charge in [-0.15, -0.1) is 0 Å². The third kappa shape index (κ3) is 5.04. The zero-order chi connectivity index (χ0) is 15.8. The maximum atomic E-state index is 4.60. The highest BCUT2D eigenvalue weighted by Crippen LogP contribution is 2.09. The number of aromatic nitrogens is 1. The van der Waals surface area contributed by atoms with Gasteiger partial charge in [0.25, 0.3) is 0 Å². The summed E-state index contributed by atoms with van der Waals surface area (Å²) in [5, 5.41) is 10.8. The average Bonchev–Trinajstić information content (AvgIpc) is 3.03. The van der Waals surface area contributed by atoms with E-state index >= 15 is 0 Å². The third-order valence-corrected chi connectivity index (χ3v) is 3.80. The minimum atomic E-state index is 0.693. The van der Waals surface area contributed by atoms with E-state index in [1.165, 1.54) is 11.1 Å². The molecule has 0 unspecified atom stereocenters. The largest absolute Gasteiger partial charge is 0.363 e. The first-order chi connectivity index (χ1) is 10.7. The Morgan fingerprint density at radius 3 is 2.82 bits per heavy atom. The first kappa shape index (κ1) is 16.3. The molecule has 2 rings (SSSR count). The van der Waals surface area contributed by atoms with Gasteiger partial charge in [0.05, 0.1) is 6.54 Å². The highest BCUT2D eigenvalue weighted by molar-refractivity contribution is 7.07. The van der Waals surface area contributed by atoms with E-state index in [9.17, 15) is 0 Å². The van der Waals surface area contributed by atoms with Crippen LogP contribution in [0.15, 0.2) is 40.1 Å². The van der Waals surface area contributed by atoms with Gasteiger partial charge in [-0.1, -0.05) is 0 Å². The van der Waals surface area contributed by atoms with E-state index in [0.29, 0.717) is 6.54 Å². The Kier molecular flexibility index (Phi) is 6.21. The quantitative estimate of drug-likeness (QED) is 0.635. The van der Waals surface area contributed by atoms with Gasteiger partial charge >= 0.3 is 0 Å². The van der Waals surface area contributed by atoms with Crippen molar-refractivity contribution in [2.24, 2.45) is 4.99 Å². The first-order valence-corrected chi connectivity index (χ1v) is 8.29. The Morgan fingerprint density at radius 1 is 1.27 bits per heavy atom. The van der Waals surface area contributed by atoms with Crippen LogP contribution in [0, 0.1) is 0 Å². The van der Waals surface area contributed by atoms with E-state index < -0.39 is 0 Å². The average molecular weight is 317 g/mol. The fourth-order valence-electron chi connectivity index (χ4n) is 1.90. The van der Waals surface area contributed by atoms with E-state index in [0.717, 1.165) is 24.9 Å². The number of guanidine groups is 1. The Labute approximate surface area is 136 Å². The predicted molar refractivity (Wildman–Crippen MR) is 94.5 cm³/mol. The molecule has 22 heavy (non-hydrogen) atoms. The number of aliphatic imine (C=N–C) groups is 1. The van der Waals surface area contributed by atoms with Crippen LogP contribution in [0.3, 0.4) is 0 Å². The maximum Gasteiger partial charge on any atom is 0.191 e. The van der Waals surface area contributed by atoms with Crippen LogP contribution in [0.1, 0.15) is 18.1 Å². The minimum Gasteiger partial charge on any atom is -0.363 e. The molecule has 0 aliphatic heterocycles. The van der Waals surface area contributed by atoms with Gasteiger partial charge in [0.2, 0.25) is 0 Å². The lowest BCUT2D eigenvalue weighted by Gasteiger charge is -2.14. The van der Waals surface area contributed by atoms with Gasteiger partial charge in [0, 0.05) is 33.4 Å². The van der Waals surface area contributed by atoms with Crippen molar-refractivity contribution in [2.75, 3.05) is 25.5 Å². The van der Waals surface area contributed by atoms with Gasteiger partial charge in [-0.25, -0.2) is 9.98 Å². The van der Waals surface area contributed by atoms with Crippen molar-refractivity contribution in [1.29, 1.82) is 0 Å². The van der Waals surface area contributed by atoms with Crippen molar-refractivity contribution in [3.8, 4) is 0 Å². The molecule has 2 heterocycles. The van der Waals surface area contributed by atoms with Crippen molar-refractivity contribution in [3.05, 3.63) is 46.3 Å². The van der Waals surface area contributed by atoms with Crippen molar-refractivity contribution >= 4 is 23.1 Å². The van der Waals surface area contributed by atoms with Gasteiger partial charge in [0.1, 0.15) is 5.82 Å². The van der Waals surface area contributed by atoms with Crippen LogP contribution < -0.4 is 15.5 Å². The summed E-state index contributed by atoms with van der Waals surface area (Å²) in [5.41, 5.74) is 2.42. The number of rotatable bonds is 6. The van der Waals surface area contributed by atoms with Crippen LogP contribution in [0.5, 0.6) is 0 Å². The summed E-state index contributed by atoms with van der Waals surface area (Å²) in [6.45, 7) is 4.32. The second-order valence-electron chi connectivity index (χ2n) is 5.10. The number of nitrogens with zero attached hydrogens (tertiary/aromatic N) is 3. The maximum absolute atomic E-state index is 4.60. The van der Waals surface area contributed by atoms with Gasteiger partial charge in [0.15, 0.2) is 5.96 Å². The minimum absolute atomic E-state index is 0.693. The van der Waals surface area contributed by atoms with E-state index in [1.807, 2.05) is 31.3 Å². The van der Waals surface area contributed by atoms with Crippen LogP contribution in [0.4, 0.5) is 5.82 Å². The summed E-state index contributed by atoms with van der Waals surface area (Å²) >= 11 is 1.70. The predicted octanol–water partition coefficient (Wildman–Crippen LogP) is 2.46. The topological polar surface area (TPSA) is 52.6 Å². The summed E-state index contributed by atoms with van der Waals surface area (Å²) in [5.74, 6) is 1.79. The molecular formula is C16H23N5S. The summed E-state index contributed by atoms with van der Waals surface area (Å²) in [6, 6.07) is 6.20. The van der Waals surface area contributed by atoms with E-state index in [-0.39, 0.29) is 0 Å². The van der Waals surface area contributed by atoms with Gasteiger partial charge in [-0.2, -0.15) is 11.3 Å². The monoisotopic (exact) mass is 317 g/mol. The van der Waals surface area contributed by atoms with E-state index in [2.05, 4.69) is 50.4 Å². The molecule has 0 saturated heterocycles. The van der Waals surface area contributed by atoms with Crippen LogP contribution in [-0.4, -0.2) is 31.6 Å². The van der Waals surface area contributed by atoms with Gasteiger partial charge < -0.3 is 15.5 Å². The lowest BCUT2D eigenvalue weighted by Crippen LogP contribution is -2.36. The lowest BCUT2D eigenvalue weighted by molar-refractivity contribution is 0.815. The normalized spacial score (nSPS) is 11.3. The first-order valence-electron chi connectivity index (χ1n) is 7.34. The summed E-state index contributed by atoms with van der Waals surface area (Å²) in [7, 11) is 3.98. The van der Waals surface area contributed by atoms with Crippen molar-refractivity contribution in [1.82, 2.24) is 15.6 Å². The fraction of sp³-hybridized carbons (Fsp3) is 0.375. The second kappa shape index (κ2) is 8.38. The zero-order valence-electron chi connectivity index (χ0n) is 13.3. The highest BCUT2D eigenvalue weighted by Gasteiger charge is 2.02. The Bertz CT molecular complexity index is 592. The molecule has 0 radical (unpaired) electrons. The highest BCUT2D eigenvalue weighted by atomic mass is 32.1. The molecule has 0 bridgehead atoms. The third-order valence-electron chi connectivity index (χ3n) is 3.07. The molecule has 0 spiro atoms. The second-order valence-corrected chi connectivity index (χ2v) is 5.88. The van der Waals surface area contributed by atoms with Crippen LogP contribution in [-0.2, 0) is 13.1 Å². The number of pyridine rings is 1. The van der Waals surface area contributed by atoms with Crippen LogP contribution >= 0.6 is 11.3 Å². The number of nitrogens with one attached hydrogen (secondary N) is 2. The summed E-state index contributed by atoms with van der Waals surface area (Å²) in [6.07, 6.45) is 1.84.